The number of hydrogen-bond donors (Lipinski definition) is 0. The van der Waals surface area contributed by atoms with Crippen molar-refractivity contribution in [2.24, 2.45) is 13.0 Å². The average Bonchev–Trinajstić information content (AvgIpc) is 3.18. The van der Waals surface area contributed by atoms with Crippen LogP contribution < -0.4 is 0 Å². The lowest BCUT2D eigenvalue weighted by Gasteiger charge is -2.34. The van der Waals surface area contributed by atoms with Crippen molar-refractivity contribution >= 4 is 5.91 Å². The van der Waals surface area contributed by atoms with E-state index < -0.39 is 0 Å². The summed E-state index contributed by atoms with van der Waals surface area (Å²) in [6.45, 7) is 12.6. The molecule has 0 N–H and O–H groups in total. The Morgan fingerprint density at radius 1 is 1.24 bits per heavy atom. The van der Waals surface area contributed by atoms with Crippen LogP contribution in [-0.2, 0) is 11.8 Å². The fourth-order valence-corrected chi connectivity index (χ4v) is 3.15. The number of rotatable bonds is 5. The summed E-state index contributed by atoms with van der Waals surface area (Å²) in [5, 5.41) is 4.46. The van der Waals surface area contributed by atoms with Crippen LogP contribution in [0.5, 0.6) is 0 Å². The van der Waals surface area contributed by atoms with Gasteiger partial charge in [-0.3, -0.25) is 9.48 Å². The van der Waals surface area contributed by atoms with E-state index in [-0.39, 0.29) is 11.8 Å². The lowest BCUT2D eigenvalue weighted by atomic mass is 9.95. The summed E-state index contributed by atoms with van der Waals surface area (Å²) in [7, 11) is 1.94. The van der Waals surface area contributed by atoms with E-state index in [1.807, 2.05) is 32.5 Å². The molecule has 1 aromatic heterocycles. The Hall–Kier alpha value is -1.32. The van der Waals surface area contributed by atoms with E-state index in [1.54, 1.807) is 0 Å². The molecule has 0 saturated heterocycles. The van der Waals surface area contributed by atoms with Crippen molar-refractivity contribution in [2.75, 3.05) is 0 Å². The lowest BCUT2D eigenvalue weighted by Crippen LogP contribution is -2.45. The molecule has 1 aliphatic carbocycles. The minimum absolute atomic E-state index is 0.111. The van der Waals surface area contributed by atoms with Gasteiger partial charge >= 0.3 is 0 Å². The molecule has 2 rings (SSSR count). The van der Waals surface area contributed by atoms with Gasteiger partial charge in [0.25, 0.3) is 0 Å². The van der Waals surface area contributed by atoms with Gasteiger partial charge in [0, 0.05) is 30.4 Å². The minimum atomic E-state index is -0.111. The first kappa shape index (κ1) is 16.1. The summed E-state index contributed by atoms with van der Waals surface area (Å²) in [6, 6.07) is 0.749. The largest absolute Gasteiger partial charge is 0.336 e. The normalized spacial score (nSPS) is 17.9. The molecule has 4 heteroatoms. The van der Waals surface area contributed by atoms with Crippen LogP contribution in [0.2, 0.25) is 0 Å². The predicted molar refractivity (Wildman–Crippen MR) is 85.3 cm³/mol. The van der Waals surface area contributed by atoms with Gasteiger partial charge in [0.05, 0.1) is 11.6 Å². The standard InChI is InChI=1S/C17H29N3O/c1-10(2)13(5)20(15-8-9-15)17(21)11(3)16-12(4)18-19(7)14(16)6/h10-11,13,15H,8-9H2,1-7H3/t11-,13-/m0/s1. The molecule has 21 heavy (non-hydrogen) atoms. The smallest absolute Gasteiger partial charge is 0.230 e. The summed E-state index contributed by atoms with van der Waals surface area (Å²) in [5.74, 6) is 0.635. The molecule has 0 aliphatic heterocycles. The molecule has 0 spiro atoms. The molecule has 1 amide bonds. The van der Waals surface area contributed by atoms with Crippen LogP contribution in [0, 0.1) is 19.8 Å². The van der Waals surface area contributed by atoms with Crippen molar-refractivity contribution in [1.82, 2.24) is 14.7 Å². The Labute approximate surface area is 128 Å². The molecule has 118 valence electrons. The lowest BCUT2D eigenvalue weighted by molar-refractivity contribution is -0.136. The number of nitrogens with zero attached hydrogens (tertiary/aromatic N) is 3. The fourth-order valence-electron chi connectivity index (χ4n) is 3.15. The molecule has 1 aromatic rings. The predicted octanol–water partition coefficient (Wildman–Crippen LogP) is 3.18. The Kier molecular flexibility index (Phi) is 4.45. The highest BCUT2D eigenvalue weighted by molar-refractivity contribution is 5.84. The fraction of sp³-hybridized carbons (Fsp3) is 0.765. The van der Waals surface area contributed by atoms with Crippen molar-refractivity contribution < 1.29 is 4.79 Å². The highest BCUT2D eigenvalue weighted by Gasteiger charge is 2.39. The molecule has 0 aromatic carbocycles. The molecular weight excluding hydrogens is 262 g/mol. The van der Waals surface area contributed by atoms with Crippen LogP contribution in [0.25, 0.3) is 0 Å². The topological polar surface area (TPSA) is 38.1 Å². The van der Waals surface area contributed by atoms with Crippen molar-refractivity contribution in [3.05, 3.63) is 17.0 Å². The second-order valence-corrected chi connectivity index (χ2v) is 6.89. The molecule has 0 radical (unpaired) electrons. The van der Waals surface area contributed by atoms with Crippen LogP contribution in [-0.4, -0.2) is 32.7 Å². The zero-order valence-corrected chi connectivity index (χ0v) is 14.5. The number of hydrogen-bond acceptors (Lipinski definition) is 2. The second kappa shape index (κ2) is 5.82. The van der Waals surface area contributed by atoms with E-state index in [1.165, 1.54) is 0 Å². The first-order chi connectivity index (χ1) is 9.75. The van der Waals surface area contributed by atoms with Gasteiger partial charge in [0.15, 0.2) is 0 Å². The molecule has 2 atom stereocenters. The van der Waals surface area contributed by atoms with Gasteiger partial charge in [-0.25, -0.2) is 0 Å². The molecule has 1 fully saturated rings. The minimum Gasteiger partial charge on any atom is -0.336 e. The van der Waals surface area contributed by atoms with Crippen LogP contribution in [0.1, 0.15) is 63.4 Å². The van der Waals surface area contributed by atoms with Crippen molar-refractivity contribution in [1.29, 1.82) is 0 Å². The maximum Gasteiger partial charge on any atom is 0.230 e. The molecule has 1 heterocycles. The van der Waals surface area contributed by atoms with E-state index in [0.29, 0.717) is 18.0 Å². The third kappa shape index (κ3) is 2.99. The number of carbonyl (C=O) groups is 1. The number of amides is 1. The highest BCUT2D eigenvalue weighted by atomic mass is 16.2. The highest BCUT2D eigenvalue weighted by Crippen LogP contribution is 2.34. The summed E-state index contributed by atoms with van der Waals surface area (Å²) < 4.78 is 1.88. The van der Waals surface area contributed by atoms with E-state index in [4.69, 9.17) is 0 Å². The van der Waals surface area contributed by atoms with E-state index in [2.05, 4.69) is 30.8 Å². The quantitative estimate of drug-likeness (QED) is 0.835. The maximum atomic E-state index is 13.1. The summed E-state index contributed by atoms with van der Waals surface area (Å²) in [6.07, 6.45) is 2.31. The summed E-state index contributed by atoms with van der Waals surface area (Å²) in [4.78, 5) is 15.2. The zero-order valence-electron chi connectivity index (χ0n) is 14.5. The van der Waals surface area contributed by atoms with E-state index in [9.17, 15) is 4.79 Å². The van der Waals surface area contributed by atoms with Crippen molar-refractivity contribution in [3.63, 3.8) is 0 Å². The van der Waals surface area contributed by atoms with E-state index >= 15 is 0 Å². The zero-order chi connectivity index (χ0) is 15.9. The molecule has 1 aliphatic rings. The van der Waals surface area contributed by atoms with Gasteiger partial charge in [-0.2, -0.15) is 5.10 Å². The Balaban J connectivity index is 2.28. The SMILES string of the molecule is Cc1nn(C)c(C)c1[C@H](C)C(=O)N(C1CC1)[C@@H](C)C(C)C. The van der Waals surface area contributed by atoms with E-state index in [0.717, 1.165) is 29.8 Å². The second-order valence-electron chi connectivity index (χ2n) is 6.89. The molecular formula is C17H29N3O. The van der Waals surface area contributed by atoms with Crippen LogP contribution in [0.4, 0.5) is 0 Å². The molecule has 4 nitrogen and oxygen atoms in total. The summed E-state index contributed by atoms with van der Waals surface area (Å²) >= 11 is 0. The van der Waals surface area contributed by atoms with Crippen LogP contribution in [0.3, 0.4) is 0 Å². The van der Waals surface area contributed by atoms with Gasteiger partial charge in [0.1, 0.15) is 0 Å². The Morgan fingerprint density at radius 2 is 1.81 bits per heavy atom. The first-order valence-electron chi connectivity index (χ1n) is 8.08. The molecule has 0 bridgehead atoms. The third-order valence-corrected chi connectivity index (χ3v) is 4.97. The van der Waals surface area contributed by atoms with Gasteiger partial charge in [-0.05, 0) is 46.5 Å². The maximum absolute atomic E-state index is 13.1. The van der Waals surface area contributed by atoms with Gasteiger partial charge in [-0.15, -0.1) is 0 Å². The Morgan fingerprint density at radius 3 is 2.19 bits per heavy atom. The summed E-state index contributed by atoms with van der Waals surface area (Å²) in [5.41, 5.74) is 3.18. The number of carbonyl (C=O) groups excluding carboxylic acids is 1. The molecule has 0 unspecified atom stereocenters. The monoisotopic (exact) mass is 291 g/mol. The van der Waals surface area contributed by atoms with Crippen LogP contribution in [0.15, 0.2) is 0 Å². The molecule has 1 saturated carbocycles. The van der Waals surface area contributed by atoms with Crippen molar-refractivity contribution in [3.8, 4) is 0 Å². The third-order valence-electron chi connectivity index (χ3n) is 4.97. The van der Waals surface area contributed by atoms with Crippen LogP contribution >= 0.6 is 0 Å². The van der Waals surface area contributed by atoms with Gasteiger partial charge in [-0.1, -0.05) is 13.8 Å². The van der Waals surface area contributed by atoms with Crippen molar-refractivity contribution in [2.45, 2.75) is 72.4 Å². The van der Waals surface area contributed by atoms with Gasteiger partial charge < -0.3 is 4.90 Å². The Bertz CT molecular complexity index is 528. The number of aromatic nitrogens is 2. The first-order valence-corrected chi connectivity index (χ1v) is 8.08. The number of aryl methyl sites for hydroxylation is 2. The van der Waals surface area contributed by atoms with Gasteiger partial charge in [0.2, 0.25) is 5.91 Å². The average molecular weight is 291 g/mol.